The van der Waals surface area contributed by atoms with Gasteiger partial charge in [0.1, 0.15) is 18.4 Å². The molecule has 0 saturated carbocycles. The number of aliphatic hydroxyl groups is 1. The molecule has 1 saturated heterocycles. The Bertz CT molecular complexity index is 1080. The maximum Gasteiger partial charge on any atom is 0.417 e. The van der Waals surface area contributed by atoms with Crippen LogP contribution in [0.15, 0.2) is 84.7 Å². The Morgan fingerprint density at radius 3 is 2.47 bits per heavy atom. The molecule has 1 fully saturated rings. The molecule has 7 heteroatoms. The lowest BCUT2D eigenvalue weighted by molar-refractivity contribution is -0.143. The number of benzene rings is 2. The third-order valence-electron chi connectivity index (χ3n) is 5.94. The second-order valence-corrected chi connectivity index (χ2v) is 8.25. The van der Waals surface area contributed by atoms with Crippen LogP contribution >= 0.6 is 0 Å². The summed E-state index contributed by atoms with van der Waals surface area (Å²) in [6, 6.07) is 18.0. The average Bonchev–Trinajstić information content (AvgIpc) is 3.26. The van der Waals surface area contributed by atoms with Gasteiger partial charge in [0.2, 0.25) is 5.91 Å². The lowest BCUT2D eigenvalue weighted by Crippen LogP contribution is -2.47. The molecular formula is C27H27NO6. The van der Waals surface area contributed by atoms with E-state index in [2.05, 4.69) is 0 Å². The highest BCUT2D eigenvalue weighted by Gasteiger charge is 2.46. The van der Waals surface area contributed by atoms with Gasteiger partial charge in [-0.05, 0) is 48.6 Å². The summed E-state index contributed by atoms with van der Waals surface area (Å²) in [7, 11) is 0. The Morgan fingerprint density at radius 1 is 1.06 bits per heavy atom. The highest BCUT2D eigenvalue weighted by molar-refractivity contribution is 6.02. The molecule has 0 bridgehead atoms. The molecule has 2 aliphatic heterocycles. The highest BCUT2D eigenvalue weighted by atomic mass is 16.6. The van der Waals surface area contributed by atoms with Gasteiger partial charge >= 0.3 is 6.09 Å². The van der Waals surface area contributed by atoms with Crippen LogP contribution in [0.25, 0.3) is 0 Å². The summed E-state index contributed by atoms with van der Waals surface area (Å²) in [6.07, 6.45) is 4.30. The first-order valence-corrected chi connectivity index (χ1v) is 11.4. The number of carbonyl (C=O) groups excluding carboxylic acids is 3. The maximum atomic E-state index is 13.9. The van der Waals surface area contributed by atoms with Gasteiger partial charge in [-0.3, -0.25) is 9.59 Å². The van der Waals surface area contributed by atoms with Crippen molar-refractivity contribution in [3.05, 3.63) is 95.8 Å². The molecule has 2 amide bonds. The van der Waals surface area contributed by atoms with Gasteiger partial charge in [-0.1, -0.05) is 60.7 Å². The molecule has 1 N–H and O–H groups in total. The number of hydrogen-bond donors (Lipinski definition) is 1. The lowest BCUT2D eigenvalue weighted by Gasteiger charge is -2.31. The van der Waals surface area contributed by atoms with Crippen molar-refractivity contribution < 1.29 is 29.0 Å². The van der Waals surface area contributed by atoms with Crippen LogP contribution in [0.3, 0.4) is 0 Å². The molecule has 2 aromatic carbocycles. The average molecular weight is 462 g/mol. The predicted molar refractivity (Wildman–Crippen MR) is 124 cm³/mol. The Balaban J connectivity index is 1.66. The molecule has 34 heavy (non-hydrogen) atoms. The lowest BCUT2D eigenvalue weighted by atomic mass is 9.88. The summed E-state index contributed by atoms with van der Waals surface area (Å²) in [5, 5.41) is 9.04. The van der Waals surface area contributed by atoms with E-state index < -0.39 is 30.1 Å². The van der Waals surface area contributed by atoms with E-state index in [1.165, 1.54) is 6.08 Å². The van der Waals surface area contributed by atoms with Gasteiger partial charge in [0.05, 0.1) is 5.92 Å². The van der Waals surface area contributed by atoms with Crippen LogP contribution in [0.2, 0.25) is 0 Å². The number of carbonyl (C=O) groups is 3. The first kappa shape index (κ1) is 23.4. The van der Waals surface area contributed by atoms with Crippen molar-refractivity contribution in [2.45, 2.75) is 31.4 Å². The maximum absolute atomic E-state index is 13.9. The molecule has 3 unspecified atom stereocenters. The fourth-order valence-corrected chi connectivity index (χ4v) is 4.19. The van der Waals surface area contributed by atoms with Gasteiger partial charge in [0.15, 0.2) is 11.9 Å². The van der Waals surface area contributed by atoms with Crippen LogP contribution in [0.1, 0.15) is 30.0 Å². The number of nitrogens with zero attached hydrogens (tertiary/aromatic N) is 1. The standard InChI is InChI=1S/C27H27NO6/c29-16-8-7-13-21-14-15-24(30)25(34-21)22(17-19-9-3-1-4-10-19)26(31)28-23(18-33-27(28)32)20-11-5-2-6-12-20/h1-6,9-15,22-23,25,29H,7-8,16-18H2. The van der Waals surface area contributed by atoms with E-state index in [1.807, 2.05) is 60.7 Å². The zero-order valence-electron chi connectivity index (χ0n) is 18.7. The quantitative estimate of drug-likeness (QED) is 0.602. The molecule has 0 aromatic heterocycles. The van der Waals surface area contributed by atoms with E-state index in [9.17, 15) is 14.4 Å². The summed E-state index contributed by atoms with van der Waals surface area (Å²) >= 11 is 0. The molecule has 3 atom stereocenters. The molecule has 0 spiro atoms. The number of rotatable bonds is 8. The van der Waals surface area contributed by atoms with E-state index >= 15 is 0 Å². The van der Waals surface area contributed by atoms with Gasteiger partial charge in [-0.15, -0.1) is 0 Å². The molecule has 2 aromatic rings. The van der Waals surface area contributed by atoms with Crippen molar-refractivity contribution in [1.29, 1.82) is 0 Å². The summed E-state index contributed by atoms with van der Waals surface area (Å²) in [4.78, 5) is 40.5. The minimum Gasteiger partial charge on any atom is -0.482 e. The van der Waals surface area contributed by atoms with Crippen LogP contribution in [0, 0.1) is 5.92 Å². The number of unbranched alkanes of at least 4 members (excludes halogenated alkanes) is 1. The van der Waals surface area contributed by atoms with Crippen LogP contribution in [0.4, 0.5) is 4.79 Å². The molecule has 7 nitrogen and oxygen atoms in total. The number of aliphatic hydroxyl groups excluding tert-OH is 1. The van der Waals surface area contributed by atoms with E-state index in [4.69, 9.17) is 14.6 Å². The number of allylic oxidation sites excluding steroid dienone is 2. The number of imide groups is 1. The zero-order chi connectivity index (χ0) is 23.9. The number of cyclic esters (lactones) is 1. The van der Waals surface area contributed by atoms with Crippen molar-refractivity contribution in [3.8, 4) is 0 Å². The van der Waals surface area contributed by atoms with Crippen molar-refractivity contribution in [2.24, 2.45) is 5.92 Å². The third-order valence-corrected chi connectivity index (χ3v) is 5.94. The van der Waals surface area contributed by atoms with Gasteiger partial charge in [0.25, 0.3) is 0 Å². The summed E-state index contributed by atoms with van der Waals surface area (Å²) in [6.45, 7) is 0.0985. The summed E-state index contributed by atoms with van der Waals surface area (Å²) in [5.74, 6) is -1.31. The minimum absolute atomic E-state index is 0.0446. The largest absolute Gasteiger partial charge is 0.482 e. The van der Waals surface area contributed by atoms with Crippen LogP contribution in [0.5, 0.6) is 0 Å². The molecule has 4 rings (SSSR count). The Hall–Kier alpha value is -3.71. The topological polar surface area (TPSA) is 93.1 Å². The second-order valence-electron chi connectivity index (χ2n) is 8.25. The van der Waals surface area contributed by atoms with E-state index in [1.54, 1.807) is 12.2 Å². The number of hydrogen-bond acceptors (Lipinski definition) is 6. The van der Waals surface area contributed by atoms with E-state index in [-0.39, 0.29) is 25.4 Å². The highest BCUT2D eigenvalue weighted by Crippen LogP contribution is 2.32. The summed E-state index contributed by atoms with van der Waals surface area (Å²) in [5.41, 5.74) is 1.63. The van der Waals surface area contributed by atoms with Crippen molar-refractivity contribution in [2.75, 3.05) is 13.2 Å². The number of ether oxygens (including phenoxy) is 2. The smallest absolute Gasteiger partial charge is 0.417 e. The molecule has 0 radical (unpaired) electrons. The van der Waals surface area contributed by atoms with Crippen molar-refractivity contribution in [1.82, 2.24) is 4.90 Å². The Morgan fingerprint density at radius 2 is 1.76 bits per heavy atom. The predicted octanol–water partition coefficient (Wildman–Crippen LogP) is 3.75. The van der Waals surface area contributed by atoms with E-state index in [0.717, 1.165) is 16.0 Å². The molecule has 0 aliphatic carbocycles. The van der Waals surface area contributed by atoms with Gasteiger partial charge in [-0.2, -0.15) is 0 Å². The van der Waals surface area contributed by atoms with Crippen molar-refractivity contribution >= 4 is 17.8 Å². The Kier molecular flexibility index (Phi) is 7.54. The number of ketones is 1. The second kappa shape index (κ2) is 10.9. The fraction of sp³-hybridized carbons (Fsp3) is 0.296. The van der Waals surface area contributed by atoms with Gasteiger partial charge < -0.3 is 14.6 Å². The molecule has 176 valence electrons. The first-order chi connectivity index (χ1) is 16.6. The van der Waals surface area contributed by atoms with E-state index in [0.29, 0.717) is 18.6 Å². The third kappa shape index (κ3) is 5.26. The fourth-order valence-electron chi connectivity index (χ4n) is 4.19. The van der Waals surface area contributed by atoms with Crippen LogP contribution < -0.4 is 0 Å². The minimum atomic E-state index is -1.08. The normalized spacial score (nSPS) is 21.9. The first-order valence-electron chi connectivity index (χ1n) is 11.4. The van der Waals surface area contributed by atoms with Gasteiger partial charge in [-0.25, -0.2) is 9.69 Å². The molecule has 2 heterocycles. The van der Waals surface area contributed by atoms with Gasteiger partial charge in [0, 0.05) is 6.61 Å². The van der Waals surface area contributed by atoms with Crippen molar-refractivity contribution in [3.63, 3.8) is 0 Å². The Labute approximate surface area is 198 Å². The van der Waals surface area contributed by atoms with Crippen LogP contribution in [-0.4, -0.2) is 47.1 Å². The zero-order valence-corrected chi connectivity index (χ0v) is 18.7. The monoisotopic (exact) mass is 461 g/mol. The molecule has 2 aliphatic rings. The summed E-state index contributed by atoms with van der Waals surface area (Å²) < 4.78 is 11.2. The van der Waals surface area contributed by atoms with Crippen LogP contribution in [-0.2, 0) is 25.5 Å². The number of amides is 2. The molecular weight excluding hydrogens is 434 g/mol. The SMILES string of the molecule is O=C1C=CC(=CCCCO)OC1C(Cc1ccccc1)C(=O)N1C(=O)OCC1c1ccccc1.